The lowest BCUT2D eigenvalue weighted by atomic mass is 10.1. The van der Waals surface area contributed by atoms with E-state index in [0.29, 0.717) is 6.54 Å². The van der Waals surface area contributed by atoms with Gasteiger partial charge in [0, 0.05) is 39.8 Å². The third-order valence-electron chi connectivity index (χ3n) is 5.32. The number of ether oxygens (including phenoxy) is 1. The lowest BCUT2D eigenvalue weighted by molar-refractivity contribution is -0.385. The second-order valence-electron chi connectivity index (χ2n) is 7.54. The lowest BCUT2D eigenvalue weighted by Crippen LogP contribution is -2.24. The molecule has 3 aromatic carbocycles. The van der Waals surface area contributed by atoms with E-state index in [9.17, 15) is 14.9 Å². The van der Waals surface area contributed by atoms with Crippen molar-refractivity contribution in [2.45, 2.75) is 13.5 Å². The van der Waals surface area contributed by atoms with Crippen molar-refractivity contribution in [1.29, 1.82) is 0 Å². The SMILES string of the molecule is Cc1c(C=NNC(=O)COc2ccc(Cl)cc2[N+](=O)[O-])c2ccccc2n1Cc1ccccc1. The summed E-state index contributed by atoms with van der Waals surface area (Å²) in [6.45, 7) is 2.28. The quantitative estimate of drug-likeness (QED) is 0.217. The van der Waals surface area contributed by atoms with Crippen molar-refractivity contribution in [1.82, 2.24) is 9.99 Å². The average Bonchev–Trinajstić information content (AvgIpc) is 3.10. The normalized spacial score (nSPS) is 11.1. The number of carbonyl (C=O) groups is 1. The molecule has 8 nitrogen and oxygen atoms in total. The highest BCUT2D eigenvalue weighted by atomic mass is 35.5. The molecular formula is C25H21ClN4O4. The number of nitro benzene ring substituents is 1. The number of rotatable bonds is 8. The minimum absolute atomic E-state index is 0.0478. The zero-order valence-electron chi connectivity index (χ0n) is 18.3. The van der Waals surface area contributed by atoms with E-state index in [1.54, 1.807) is 6.21 Å². The molecule has 0 saturated carbocycles. The molecule has 9 heteroatoms. The molecule has 0 bridgehead atoms. The molecule has 0 atom stereocenters. The Kier molecular flexibility index (Phi) is 6.89. The first kappa shape index (κ1) is 23.0. The van der Waals surface area contributed by atoms with E-state index in [-0.39, 0.29) is 16.5 Å². The van der Waals surface area contributed by atoms with E-state index in [0.717, 1.165) is 22.2 Å². The van der Waals surface area contributed by atoms with Gasteiger partial charge < -0.3 is 9.30 Å². The maximum absolute atomic E-state index is 12.2. The van der Waals surface area contributed by atoms with E-state index in [4.69, 9.17) is 16.3 Å². The highest BCUT2D eigenvalue weighted by molar-refractivity contribution is 6.30. The maximum Gasteiger partial charge on any atom is 0.312 e. The zero-order chi connectivity index (χ0) is 24.1. The fraction of sp³-hybridized carbons (Fsp3) is 0.120. The van der Waals surface area contributed by atoms with Crippen LogP contribution in [0.2, 0.25) is 5.02 Å². The van der Waals surface area contributed by atoms with Gasteiger partial charge in [0.2, 0.25) is 0 Å². The van der Waals surface area contributed by atoms with Crippen LogP contribution in [0.25, 0.3) is 10.9 Å². The van der Waals surface area contributed by atoms with Crippen LogP contribution < -0.4 is 10.2 Å². The molecule has 1 amide bonds. The molecule has 0 aliphatic heterocycles. The van der Waals surface area contributed by atoms with Crippen LogP contribution in [0, 0.1) is 17.0 Å². The van der Waals surface area contributed by atoms with Crippen LogP contribution >= 0.6 is 11.6 Å². The van der Waals surface area contributed by atoms with Gasteiger partial charge in [-0.05, 0) is 30.7 Å². The fourth-order valence-corrected chi connectivity index (χ4v) is 3.86. The maximum atomic E-state index is 12.2. The molecule has 0 unspecified atom stereocenters. The average molecular weight is 477 g/mol. The van der Waals surface area contributed by atoms with E-state index < -0.39 is 17.4 Å². The van der Waals surface area contributed by atoms with Gasteiger partial charge in [-0.1, -0.05) is 60.1 Å². The van der Waals surface area contributed by atoms with Crippen LogP contribution in [-0.2, 0) is 11.3 Å². The summed E-state index contributed by atoms with van der Waals surface area (Å²) in [6, 6.07) is 22.1. The molecule has 1 heterocycles. The summed E-state index contributed by atoms with van der Waals surface area (Å²) in [5.74, 6) is -0.598. The molecular weight excluding hydrogens is 456 g/mol. The van der Waals surface area contributed by atoms with Crippen LogP contribution in [0.1, 0.15) is 16.8 Å². The predicted molar refractivity (Wildman–Crippen MR) is 132 cm³/mol. The minimum Gasteiger partial charge on any atom is -0.477 e. The molecule has 34 heavy (non-hydrogen) atoms. The Hall–Kier alpha value is -4.17. The molecule has 172 valence electrons. The molecule has 4 rings (SSSR count). The van der Waals surface area contributed by atoms with E-state index in [1.807, 2.05) is 49.4 Å². The minimum atomic E-state index is -0.620. The molecule has 1 aromatic heterocycles. The third kappa shape index (κ3) is 5.07. The summed E-state index contributed by atoms with van der Waals surface area (Å²) in [5.41, 5.74) is 6.24. The number of hydrogen-bond acceptors (Lipinski definition) is 5. The summed E-state index contributed by atoms with van der Waals surface area (Å²) in [6.07, 6.45) is 1.60. The molecule has 1 N–H and O–H groups in total. The number of nitro groups is 1. The van der Waals surface area contributed by atoms with Crippen molar-refractivity contribution in [3.05, 3.63) is 105 Å². The summed E-state index contributed by atoms with van der Waals surface area (Å²) in [4.78, 5) is 22.7. The Morgan fingerprint density at radius 3 is 2.65 bits per heavy atom. The third-order valence-corrected chi connectivity index (χ3v) is 5.56. The van der Waals surface area contributed by atoms with Crippen molar-refractivity contribution in [3.63, 3.8) is 0 Å². The number of benzene rings is 3. The smallest absolute Gasteiger partial charge is 0.312 e. The van der Waals surface area contributed by atoms with Crippen molar-refractivity contribution in [3.8, 4) is 5.75 Å². The zero-order valence-corrected chi connectivity index (χ0v) is 19.0. The second kappa shape index (κ2) is 10.2. The number of amides is 1. The number of halogens is 1. The number of hydrogen-bond donors (Lipinski definition) is 1. The van der Waals surface area contributed by atoms with Gasteiger partial charge in [0.05, 0.1) is 11.1 Å². The van der Waals surface area contributed by atoms with Gasteiger partial charge in [-0.2, -0.15) is 5.10 Å². The first-order valence-electron chi connectivity index (χ1n) is 10.4. The fourth-order valence-electron chi connectivity index (χ4n) is 3.69. The van der Waals surface area contributed by atoms with E-state index >= 15 is 0 Å². The monoisotopic (exact) mass is 476 g/mol. The number of nitrogens with one attached hydrogen (secondary N) is 1. The molecule has 0 aliphatic rings. The van der Waals surface area contributed by atoms with Gasteiger partial charge in [0.25, 0.3) is 5.91 Å². The van der Waals surface area contributed by atoms with Gasteiger partial charge in [-0.25, -0.2) is 5.43 Å². The van der Waals surface area contributed by atoms with Crippen molar-refractivity contribution in [2.24, 2.45) is 5.10 Å². The molecule has 4 aromatic rings. The van der Waals surface area contributed by atoms with Crippen LogP contribution in [-0.4, -0.2) is 28.2 Å². The number of carbonyl (C=O) groups excluding carboxylic acids is 1. The van der Waals surface area contributed by atoms with Gasteiger partial charge in [-0.3, -0.25) is 14.9 Å². The summed E-state index contributed by atoms with van der Waals surface area (Å²) >= 11 is 5.79. The molecule has 0 saturated heterocycles. The van der Waals surface area contributed by atoms with Crippen LogP contribution in [0.5, 0.6) is 5.75 Å². The predicted octanol–water partition coefficient (Wildman–Crippen LogP) is 5.09. The Morgan fingerprint density at radius 1 is 1.15 bits per heavy atom. The summed E-state index contributed by atoms with van der Waals surface area (Å²) < 4.78 is 7.50. The van der Waals surface area contributed by atoms with Crippen molar-refractivity contribution in [2.75, 3.05) is 6.61 Å². The molecule has 0 spiro atoms. The van der Waals surface area contributed by atoms with Crippen LogP contribution in [0.15, 0.2) is 77.9 Å². The summed E-state index contributed by atoms with van der Waals surface area (Å²) in [5, 5.41) is 16.4. The number of fused-ring (bicyclic) bond motifs is 1. The lowest BCUT2D eigenvalue weighted by Gasteiger charge is -2.08. The summed E-state index contributed by atoms with van der Waals surface area (Å²) in [7, 11) is 0. The first-order chi connectivity index (χ1) is 16.4. The van der Waals surface area contributed by atoms with E-state index in [1.165, 1.54) is 23.8 Å². The topological polar surface area (TPSA) is 98.8 Å². The number of aromatic nitrogens is 1. The highest BCUT2D eigenvalue weighted by Crippen LogP contribution is 2.30. The Balaban J connectivity index is 1.47. The highest BCUT2D eigenvalue weighted by Gasteiger charge is 2.17. The van der Waals surface area contributed by atoms with E-state index in [2.05, 4.69) is 27.2 Å². The molecule has 0 aliphatic carbocycles. The Bertz CT molecular complexity index is 1380. The Morgan fingerprint density at radius 2 is 1.88 bits per heavy atom. The van der Waals surface area contributed by atoms with Gasteiger partial charge in [-0.15, -0.1) is 0 Å². The molecule has 0 radical (unpaired) electrons. The number of nitrogens with zero attached hydrogens (tertiary/aromatic N) is 3. The van der Waals surface area contributed by atoms with Crippen LogP contribution in [0.3, 0.4) is 0 Å². The van der Waals surface area contributed by atoms with Crippen LogP contribution in [0.4, 0.5) is 5.69 Å². The van der Waals surface area contributed by atoms with Crippen molar-refractivity contribution >= 4 is 40.3 Å². The second-order valence-corrected chi connectivity index (χ2v) is 7.98. The number of para-hydroxylation sites is 1. The largest absolute Gasteiger partial charge is 0.477 e. The van der Waals surface area contributed by atoms with Gasteiger partial charge in [0.1, 0.15) is 0 Å². The number of hydrazone groups is 1. The van der Waals surface area contributed by atoms with Gasteiger partial charge in [0.15, 0.2) is 12.4 Å². The van der Waals surface area contributed by atoms with Gasteiger partial charge >= 0.3 is 5.69 Å². The Labute approximate surface area is 200 Å². The first-order valence-corrected chi connectivity index (χ1v) is 10.8. The van der Waals surface area contributed by atoms with Crippen molar-refractivity contribution < 1.29 is 14.5 Å². The molecule has 0 fully saturated rings. The standard InChI is InChI=1S/C25H21ClN4O4/c1-17-21(20-9-5-6-10-22(20)29(17)15-18-7-3-2-4-8-18)14-27-28-25(31)16-34-24-12-11-19(26)13-23(24)30(32)33/h2-14H,15-16H2,1H3,(H,28,31).